The highest BCUT2D eigenvalue weighted by Gasteiger charge is 2.18. The molecule has 3 rings (SSSR count). The van der Waals surface area contributed by atoms with E-state index in [0.717, 1.165) is 10.2 Å². The lowest BCUT2D eigenvalue weighted by atomic mass is 10.1. The van der Waals surface area contributed by atoms with Crippen LogP contribution in [0.3, 0.4) is 0 Å². The van der Waals surface area contributed by atoms with Crippen molar-refractivity contribution in [2.45, 2.75) is 6.92 Å². The van der Waals surface area contributed by atoms with Gasteiger partial charge in [-0.25, -0.2) is 4.98 Å². The Hall–Kier alpha value is -2.80. The molecule has 1 heterocycles. The van der Waals surface area contributed by atoms with Crippen molar-refractivity contribution < 1.29 is 9.72 Å². The van der Waals surface area contributed by atoms with Gasteiger partial charge >= 0.3 is 0 Å². The van der Waals surface area contributed by atoms with Crippen molar-refractivity contribution >= 4 is 38.3 Å². The lowest BCUT2D eigenvalue weighted by Gasteiger charge is -2.05. The van der Waals surface area contributed by atoms with Crippen molar-refractivity contribution in [1.82, 2.24) is 4.98 Å². The van der Waals surface area contributed by atoms with Crippen molar-refractivity contribution in [2.75, 3.05) is 5.32 Å². The summed E-state index contributed by atoms with van der Waals surface area (Å²) in [6.07, 6.45) is 0. The first-order valence-electron chi connectivity index (χ1n) is 6.47. The zero-order chi connectivity index (χ0) is 15.7. The highest BCUT2D eigenvalue weighted by atomic mass is 32.1. The van der Waals surface area contributed by atoms with Gasteiger partial charge in [0, 0.05) is 17.2 Å². The van der Waals surface area contributed by atoms with Gasteiger partial charge < -0.3 is 0 Å². The molecular formula is C15H11N3O3S. The predicted octanol–water partition coefficient (Wildman–Crippen LogP) is 3.77. The van der Waals surface area contributed by atoms with Crippen LogP contribution >= 0.6 is 11.3 Å². The lowest BCUT2D eigenvalue weighted by molar-refractivity contribution is -0.385. The van der Waals surface area contributed by atoms with E-state index in [1.807, 2.05) is 24.3 Å². The monoisotopic (exact) mass is 313 g/mol. The maximum absolute atomic E-state index is 12.3. The summed E-state index contributed by atoms with van der Waals surface area (Å²) in [7, 11) is 0. The molecule has 0 spiro atoms. The molecule has 0 radical (unpaired) electrons. The molecule has 6 nitrogen and oxygen atoms in total. The van der Waals surface area contributed by atoms with Crippen molar-refractivity contribution in [2.24, 2.45) is 0 Å². The quantitative estimate of drug-likeness (QED) is 0.589. The Morgan fingerprint density at radius 3 is 2.73 bits per heavy atom. The average molecular weight is 313 g/mol. The van der Waals surface area contributed by atoms with Gasteiger partial charge in [0.2, 0.25) is 0 Å². The third-order valence-corrected chi connectivity index (χ3v) is 4.21. The molecule has 0 bridgehead atoms. The molecule has 0 fully saturated rings. The van der Waals surface area contributed by atoms with Gasteiger partial charge in [0.15, 0.2) is 5.13 Å². The smallest absolute Gasteiger partial charge is 0.273 e. The fourth-order valence-electron chi connectivity index (χ4n) is 2.16. The minimum Gasteiger partial charge on any atom is -0.298 e. The Morgan fingerprint density at radius 1 is 1.23 bits per heavy atom. The minimum absolute atomic E-state index is 0.0723. The Labute approximate surface area is 129 Å². The molecule has 3 aromatic rings. The van der Waals surface area contributed by atoms with Crippen LogP contribution in [-0.2, 0) is 0 Å². The van der Waals surface area contributed by atoms with Gasteiger partial charge in [-0.1, -0.05) is 29.5 Å². The van der Waals surface area contributed by atoms with Crippen molar-refractivity contribution in [3.05, 3.63) is 63.7 Å². The van der Waals surface area contributed by atoms with Crippen molar-refractivity contribution in [1.29, 1.82) is 0 Å². The maximum atomic E-state index is 12.3. The molecule has 0 aliphatic rings. The van der Waals surface area contributed by atoms with Crippen LogP contribution in [0.15, 0.2) is 42.5 Å². The molecule has 0 unspecified atom stereocenters. The van der Waals surface area contributed by atoms with Crippen molar-refractivity contribution in [3.8, 4) is 0 Å². The van der Waals surface area contributed by atoms with Gasteiger partial charge in [0.25, 0.3) is 11.6 Å². The number of rotatable bonds is 3. The number of nitro groups is 1. The summed E-state index contributed by atoms with van der Waals surface area (Å²) < 4.78 is 0.966. The first kappa shape index (κ1) is 14.2. The molecular weight excluding hydrogens is 302 g/mol. The van der Waals surface area contributed by atoms with E-state index in [0.29, 0.717) is 10.7 Å². The SMILES string of the molecule is Cc1c(C(=O)Nc2nc3ccccc3s2)cccc1[N+](=O)[O-]. The number of aromatic nitrogens is 1. The molecule has 2 aromatic carbocycles. The fraction of sp³-hybridized carbons (Fsp3) is 0.0667. The van der Waals surface area contributed by atoms with Crippen LogP contribution in [-0.4, -0.2) is 15.8 Å². The summed E-state index contributed by atoms with van der Waals surface area (Å²) >= 11 is 1.36. The Balaban J connectivity index is 1.91. The number of para-hydroxylation sites is 1. The van der Waals surface area contributed by atoms with E-state index in [1.165, 1.54) is 23.5 Å². The van der Waals surface area contributed by atoms with E-state index in [1.54, 1.807) is 13.0 Å². The van der Waals surface area contributed by atoms with Gasteiger partial charge in [-0.05, 0) is 25.1 Å². The normalized spacial score (nSPS) is 10.6. The number of benzene rings is 2. The van der Waals surface area contributed by atoms with Gasteiger partial charge in [-0.3, -0.25) is 20.2 Å². The largest absolute Gasteiger partial charge is 0.298 e. The Bertz CT molecular complexity index is 856. The predicted molar refractivity (Wildman–Crippen MR) is 85.4 cm³/mol. The summed E-state index contributed by atoms with van der Waals surface area (Å²) in [5, 5.41) is 14.1. The Kier molecular flexibility index (Phi) is 3.56. The number of nitro benzene ring substituents is 1. The zero-order valence-corrected chi connectivity index (χ0v) is 12.4. The number of fused-ring (bicyclic) bond motifs is 1. The van der Waals surface area contributed by atoms with Gasteiger partial charge in [0.1, 0.15) is 0 Å². The van der Waals surface area contributed by atoms with Crippen LogP contribution in [0.5, 0.6) is 0 Å². The number of thiazole rings is 1. The highest BCUT2D eigenvalue weighted by Crippen LogP contribution is 2.27. The molecule has 0 atom stereocenters. The number of hydrogen-bond acceptors (Lipinski definition) is 5. The van der Waals surface area contributed by atoms with E-state index in [9.17, 15) is 14.9 Å². The topological polar surface area (TPSA) is 85.1 Å². The second-order valence-electron chi connectivity index (χ2n) is 4.65. The molecule has 0 saturated carbocycles. The molecule has 7 heteroatoms. The second kappa shape index (κ2) is 5.53. The average Bonchev–Trinajstić information content (AvgIpc) is 2.89. The minimum atomic E-state index is -0.496. The molecule has 1 N–H and O–H groups in total. The molecule has 110 valence electrons. The third kappa shape index (κ3) is 2.53. The van der Waals surface area contributed by atoms with Crippen LogP contribution in [0.1, 0.15) is 15.9 Å². The molecule has 1 amide bonds. The van der Waals surface area contributed by atoms with E-state index < -0.39 is 10.8 Å². The first-order valence-corrected chi connectivity index (χ1v) is 7.29. The van der Waals surface area contributed by atoms with E-state index in [4.69, 9.17) is 0 Å². The molecule has 1 aromatic heterocycles. The standard InChI is InChI=1S/C15H11N3O3S/c1-9-10(5-4-7-12(9)18(20)21)14(19)17-15-16-11-6-2-3-8-13(11)22-15/h2-8H,1H3,(H,16,17,19). The summed E-state index contributed by atoms with van der Waals surface area (Å²) in [5.74, 6) is -0.403. The third-order valence-electron chi connectivity index (χ3n) is 3.26. The summed E-state index contributed by atoms with van der Waals surface area (Å²) in [4.78, 5) is 27.1. The number of hydrogen-bond donors (Lipinski definition) is 1. The number of amides is 1. The number of carbonyl (C=O) groups excluding carboxylic acids is 1. The van der Waals surface area contributed by atoms with Crippen molar-refractivity contribution in [3.63, 3.8) is 0 Å². The summed E-state index contributed by atoms with van der Waals surface area (Å²) in [6.45, 7) is 1.56. The summed E-state index contributed by atoms with van der Waals surface area (Å²) in [6, 6.07) is 12.0. The number of nitrogens with one attached hydrogen (secondary N) is 1. The van der Waals surface area contributed by atoms with Crippen LogP contribution in [0.2, 0.25) is 0 Å². The molecule has 0 aliphatic heterocycles. The van der Waals surface area contributed by atoms with Crippen LogP contribution < -0.4 is 5.32 Å². The summed E-state index contributed by atoms with van der Waals surface area (Å²) in [5.41, 5.74) is 1.34. The van der Waals surface area contributed by atoms with E-state index in [-0.39, 0.29) is 11.3 Å². The van der Waals surface area contributed by atoms with E-state index in [2.05, 4.69) is 10.3 Å². The molecule has 22 heavy (non-hydrogen) atoms. The molecule has 0 saturated heterocycles. The highest BCUT2D eigenvalue weighted by molar-refractivity contribution is 7.22. The van der Waals surface area contributed by atoms with Crippen LogP contribution in [0.4, 0.5) is 10.8 Å². The zero-order valence-electron chi connectivity index (χ0n) is 11.6. The van der Waals surface area contributed by atoms with Gasteiger partial charge in [-0.2, -0.15) is 0 Å². The van der Waals surface area contributed by atoms with Crippen LogP contribution in [0, 0.1) is 17.0 Å². The lowest BCUT2D eigenvalue weighted by Crippen LogP contribution is -2.13. The van der Waals surface area contributed by atoms with Gasteiger partial charge in [-0.15, -0.1) is 0 Å². The fourth-order valence-corrected chi connectivity index (χ4v) is 3.02. The first-order chi connectivity index (χ1) is 10.6. The number of nitrogens with zero attached hydrogens (tertiary/aromatic N) is 2. The maximum Gasteiger partial charge on any atom is 0.273 e. The Morgan fingerprint density at radius 2 is 2.00 bits per heavy atom. The van der Waals surface area contributed by atoms with Gasteiger partial charge in [0.05, 0.1) is 15.1 Å². The second-order valence-corrected chi connectivity index (χ2v) is 5.68. The van der Waals surface area contributed by atoms with E-state index >= 15 is 0 Å². The molecule has 0 aliphatic carbocycles. The number of carbonyl (C=O) groups is 1. The number of anilines is 1. The van der Waals surface area contributed by atoms with Crippen LogP contribution in [0.25, 0.3) is 10.2 Å².